The van der Waals surface area contributed by atoms with Crippen molar-refractivity contribution in [3.63, 3.8) is 0 Å². The van der Waals surface area contributed by atoms with E-state index >= 15 is 0 Å². The molecule has 1 N–H and O–H groups in total. The van der Waals surface area contributed by atoms with Crippen LogP contribution >= 0.6 is 0 Å². The summed E-state index contributed by atoms with van der Waals surface area (Å²) in [7, 11) is 1.81. The lowest BCUT2D eigenvalue weighted by molar-refractivity contribution is 0.152. The molecule has 0 aromatic rings. The topological polar surface area (TPSA) is 21.3 Å². The molecular formula is C14H29NO. The van der Waals surface area contributed by atoms with Crippen LogP contribution in [0.4, 0.5) is 0 Å². The van der Waals surface area contributed by atoms with Crippen LogP contribution in [0.1, 0.15) is 64.7 Å². The van der Waals surface area contributed by atoms with Gasteiger partial charge in [-0.1, -0.05) is 45.4 Å². The number of hydrogen-bond acceptors (Lipinski definition) is 2. The maximum absolute atomic E-state index is 5.29. The van der Waals surface area contributed by atoms with E-state index in [2.05, 4.69) is 12.2 Å². The summed E-state index contributed by atoms with van der Waals surface area (Å²) in [5, 5.41) is 3.80. The van der Waals surface area contributed by atoms with Gasteiger partial charge >= 0.3 is 0 Å². The van der Waals surface area contributed by atoms with Crippen molar-refractivity contribution in [2.75, 3.05) is 13.7 Å². The van der Waals surface area contributed by atoms with Gasteiger partial charge in [0.15, 0.2) is 0 Å². The summed E-state index contributed by atoms with van der Waals surface area (Å²) in [6, 6.07) is 1.31. The van der Waals surface area contributed by atoms with Crippen molar-refractivity contribution in [1.29, 1.82) is 0 Å². The van der Waals surface area contributed by atoms with Crippen molar-refractivity contribution in [3.8, 4) is 0 Å². The third-order valence-corrected chi connectivity index (χ3v) is 3.58. The third kappa shape index (κ3) is 5.86. The van der Waals surface area contributed by atoms with Crippen LogP contribution in [0.5, 0.6) is 0 Å². The third-order valence-electron chi connectivity index (χ3n) is 3.58. The molecule has 1 unspecified atom stereocenters. The van der Waals surface area contributed by atoms with Crippen molar-refractivity contribution in [2.24, 2.45) is 0 Å². The molecule has 1 aliphatic rings. The zero-order valence-electron chi connectivity index (χ0n) is 11.1. The average molecular weight is 227 g/mol. The summed E-state index contributed by atoms with van der Waals surface area (Å²) < 4.78 is 5.29. The fraction of sp³-hybridized carbons (Fsp3) is 1.00. The molecule has 1 aliphatic carbocycles. The van der Waals surface area contributed by atoms with E-state index in [9.17, 15) is 0 Å². The van der Waals surface area contributed by atoms with Gasteiger partial charge in [0.2, 0.25) is 0 Å². The second-order valence-corrected chi connectivity index (χ2v) is 5.15. The van der Waals surface area contributed by atoms with Gasteiger partial charge in [-0.05, 0) is 19.3 Å². The van der Waals surface area contributed by atoms with Crippen LogP contribution in [0.2, 0.25) is 0 Å². The maximum atomic E-state index is 5.29. The monoisotopic (exact) mass is 227 g/mol. The van der Waals surface area contributed by atoms with Crippen LogP contribution in [0, 0.1) is 0 Å². The predicted octanol–water partition coefficient (Wildman–Crippen LogP) is 3.50. The fourth-order valence-corrected chi connectivity index (χ4v) is 2.72. The highest BCUT2D eigenvalue weighted by Crippen LogP contribution is 2.18. The zero-order chi connectivity index (χ0) is 11.6. The Morgan fingerprint density at radius 1 is 1.12 bits per heavy atom. The molecule has 0 bridgehead atoms. The fourth-order valence-electron chi connectivity index (χ4n) is 2.72. The molecule has 96 valence electrons. The first-order chi connectivity index (χ1) is 7.86. The van der Waals surface area contributed by atoms with Crippen LogP contribution in [-0.4, -0.2) is 25.8 Å². The van der Waals surface area contributed by atoms with E-state index in [4.69, 9.17) is 4.74 Å². The van der Waals surface area contributed by atoms with Gasteiger partial charge in [0.25, 0.3) is 0 Å². The highest BCUT2D eigenvalue weighted by atomic mass is 16.5. The summed E-state index contributed by atoms with van der Waals surface area (Å²) in [6.07, 6.45) is 12.3. The van der Waals surface area contributed by atoms with E-state index in [0.717, 1.165) is 12.6 Å². The first kappa shape index (κ1) is 14.0. The maximum Gasteiger partial charge on any atom is 0.0615 e. The smallest absolute Gasteiger partial charge is 0.0615 e. The van der Waals surface area contributed by atoms with Crippen LogP contribution in [-0.2, 0) is 4.74 Å². The number of nitrogens with one attached hydrogen (secondary N) is 1. The first-order valence-electron chi connectivity index (χ1n) is 7.11. The van der Waals surface area contributed by atoms with Crippen molar-refractivity contribution in [3.05, 3.63) is 0 Å². The predicted molar refractivity (Wildman–Crippen MR) is 69.8 cm³/mol. The van der Waals surface area contributed by atoms with Crippen LogP contribution in [0.25, 0.3) is 0 Å². The Kier molecular flexibility index (Phi) is 7.87. The molecule has 0 aromatic heterocycles. The molecule has 2 heteroatoms. The molecule has 0 radical (unpaired) electrons. The largest absolute Gasteiger partial charge is 0.383 e. The minimum absolute atomic E-state index is 0.569. The van der Waals surface area contributed by atoms with Crippen LogP contribution < -0.4 is 5.32 Å². The lowest BCUT2D eigenvalue weighted by atomic mass is 9.96. The molecule has 0 heterocycles. The van der Waals surface area contributed by atoms with Gasteiger partial charge in [-0.15, -0.1) is 0 Å². The standard InChI is InChI=1S/C14H29NO/c1-3-9-14(12-16-2)15-13-10-7-5-4-6-8-11-13/h13-15H,3-12H2,1-2H3. The first-order valence-corrected chi connectivity index (χ1v) is 7.11. The van der Waals surface area contributed by atoms with Gasteiger partial charge in [-0.2, -0.15) is 0 Å². The SMILES string of the molecule is CCCC(COC)NC1CCCCCCC1. The van der Waals surface area contributed by atoms with Crippen molar-refractivity contribution < 1.29 is 4.74 Å². The second-order valence-electron chi connectivity index (χ2n) is 5.15. The number of ether oxygens (including phenoxy) is 1. The molecule has 0 saturated heterocycles. The van der Waals surface area contributed by atoms with Crippen molar-refractivity contribution in [1.82, 2.24) is 5.32 Å². The lowest BCUT2D eigenvalue weighted by Gasteiger charge is -2.26. The van der Waals surface area contributed by atoms with Gasteiger partial charge in [-0.3, -0.25) is 0 Å². The Balaban J connectivity index is 2.28. The molecular weight excluding hydrogens is 198 g/mol. The van der Waals surface area contributed by atoms with Gasteiger partial charge in [-0.25, -0.2) is 0 Å². The van der Waals surface area contributed by atoms with E-state index in [-0.39, 0.29) is 0 Å². The van der Waals surface area contributed by atoms with Crippen LogP contribution in [0.15, 0.2) is 0 Å². The average Bonchev–Trinajstić information content (AvgIpc) is 2.22. The van der Waals surface area contributed by atoms with E-state index in [1.165, 1.54) is 57.8 Å². The molecule has 16 heavy (non-hydrogen) atoms. The lowest BCUT2D eigenvalue weighted by Crippen LogP contribution is -2.41. The highest BCUT2D eigenvalue weighted by Gasteiger charge is 2.15. The Hall–Kier alpha value is -0.0800. The summed E-state index contributed by atoms with van der Waals surface area (Å²) in [4.78, 5) is 0. The molecule has 1 fully saturated rings. The number of methoxy groups -OCH3 is 1. The molecule has 2 nitrogen and oxygen atoms in total. The van der Waals surface area contributed by atoms with Crippen LogP contribution in [0.3, 0.4) is 0 Å². The molecule has 0 spiro atoms. The molecule has 1 rings (SSSR count). The van der Waals surface area contributed by atoms with Crippen molar-refractivity contribution in [2.45, 2.75) is 76.8 Å². The number of hydrogen-bond donors (Lipinski definition) is 1. The summed E-state index contributed by atoms with van der Waals surface area (Å²) >= 11 is 0. The van der Waals surface area contributed by atoms with E-state index in [0.29, 0.717) is 6.04 Å². The Labute approximate surface area is 101 Å². The summed E-state index contributed by atoms with van der Waals surface area (Å²) in [5.41, 5.74) is 0. The second kappa shape index (κ2) is 9.00. The molecule has 0 aromatic carbocycles. The van der Waals surface area contributed by atoms with Gasteiger partial charge in [0.1, 0.15) is 0 Å². The minimum Gasteiger partial charge on any atom is -0.383 e. The van der Waals surface area contributed by atoms with Crippen molar-refractivity contribution >= 4 is 0 Å². The summed E-state index contributed by atoms with van der Waals surface area (Å²) in [6.45, 7) is 3.12. The normalized spacial score (nSPS) is 21.4. The Morgan fingerprint density at radius 3 is 2.31 bits per heavy atom. The summed E-state index contributed by atoms with van der Waals surface area (Å²) in [5.74, 6) is 0. The number of rotatable bonds is 6. The van der Waals surface area contributed by atoms with Gasteiger partial charge in [0.05, 0.1) is 6.61 Å². The van der Waals surface area contributed by atoms with Gasteiger partial charge < -0.3 is 10.1 Å². The van der Waals surface area contributed by atoms with E-state index < -0.39 is 0 Å². The van der Waals surface area contributed by atoms with E-state index in [1.54, 1.807) is 0 Å². The molecule has 1 saturated carbocycles. The highest BCUT2D eigenvalue weighted by molar-refractivity contribution is 4.75. The van der Waals surface area contributed by atoms with Gasteiger partial charge in [0, 0.05) is 19.2 Å². The Bertz CT molecular complexity index is 147. The zero-order valence-corrected chi connectivity index (χ0v) is 11.1. The molecule has 1 atom stereocenters. The molecule has 0 aliphatic heterocycles. The minimum atomic E-state index is 0.569. The van der Waals surface area contributed by atoms with E-state index in [1.807, 2.05) is 7.11 Å². The quantitative estimate of drug-likeness (QED) is 0.750. The molecule has 0 amide bonds. The Morgan fingerprint density at radius 2 is 1.75 bits per heavy atom.